The highest BCUT2D eigenvalue weighted by atomic mass is 16.7. The highest BCUT2D eigenvalue weighted by Crippen LogP contribution is 2.38. The van der Waals surface area contributed by atoms with Crippen LogP contribution in [0.5, 0.6) is 11.6 Å². The van der Waals surface area contributed by atoms with Gasteiger partial charge in [0.25, 0.3) is 0 Å². The summed E-state index contributed by atoms with van der Waals surface area (Å²) in [5.41, 5.74) is -0.972. The molecule has 0 spiro atoms. The van der Waals surface area contributed by atoms with Crippen molar-refractivity contribution in [3.8, 4) is 11.6 Å². The third-order valence-electron chi connectivity index (χ3n) is 8.99. The minimum Gasteiger partial charge on any atom is -0.508 e. The Bertz CT molecular complexity index is 1720. The van der Waals surface area contributed by atoms with Crippen molar-refractivity contribution in [1.29, 1.82) is 0 Å². The predicted molar refractivity (Wildman–Crippen MR) is 207 cm³/mol. The van der Waals surface area contributed by atoms with Crippen molar-refractivity contribution in [1.82, 2.24) is 9.78 Å². The number of hydrogen-bond acceptors (Lipinski definition) is 13. The number of aryl methyl sites for hydroxylation is 1. The molecule has 0 bridgehead atoms. The molecule has 2 N–H and O–H groups in total. The SMILES string of the molecule is Cc1cc(O)ccc1Cc1c(O[C@@H]2O[C@H](COC(=O)C(C)(C)C)[C@@H](OC(=O)C(C)(C)C)[C@H](OC(=O)C(C)(C)C)[C@H]2OC(=O)C(C)(C)C)nn(CCO)c1C(C)C. The number of esters is 4. The van der Waals surface area contributed by atoms with Crippen LogP contribution >= 0.6 is 0 Å². The fraction of sp³-hybridized carbons (Fsp3) is 0.690. The van der Waals surface area contributed by atoms with Crippen LogP contribution in [-0.4, -0.2) is 87.8 Å². The lowest BCUT2D eigenvalue weighted by molar-refractivity contribution is -0.294. The van der Waals surface area contributed by atoms with E-state index in [0.717, 1.165) is 16.8 Å². The summed E-state index contributed by atoms with van der Waals surface area (Å²) in [5, 5.41) is 24.9. The molecule has 1 aromatic carbocycles. The second kappa shape index (κ2) is 17.5. The van der Waals surface area contributed by atoms with E-state index in [9.17, 15) is 29.4 Å². The molecule has 0 radical (unpaired) electrons. The van der Waals surface area contributed by atoms with E-state index in [0.29, 0.717) is 12.0 Å². The van der Waals surface area contributed by atoms with Gasteiger partial charge in [0.05, 0.1) is 34.8 Å². The molecule has 0 aliphatic carbocycles. The third kappa shape index (κ3) is 11.7. The molecule has 1 aromatic heterocycles. The molecule has 3 rings (SSSR count). The van der Waals surface area contributed by atoms with E-state index in [1.165, 1.54) is 0 Å². The van der Waals surface area contributed by atoms with Crippen molar-refractivity contribution in [3.05, 3.63) is 40.6 Å². The maximum atomic E-state index is 13.7. The molecule has 1 aliphatic rings. The van der Waals surface area contributed by atoms with Crippen molar-refractivity contribution in [2.24, 2.45) is 21.7 Å². The zero-order chi connectivity index (χ0) is 42.7. The summed E-state index contributed by atoms with van der Waals surface area (Å²) in [5.74, 6) is -2.55. The number of aromatic nitrogens is 2. The number of carbonyl (C=O) groups is 4. The van der Waals surface area contributed by atoms with Gasteiger partial charge in [-0.1, -0.05) is 19.9 Å². The first-order valence-electron chi connectivity index (χ1n) is 19.2. The van der Waals surface area contributed by atoms with Crippen molar-refractivity contribution < 1.29 is 57.8 Å². The Morgan fingerprint density at radius 2 is 1.29 bits per heavy atom. The van der Waals surface area contributed by atoms with Gasteiger partial charge in [0.15, 0.2) is 12.2 Å². The predicted octanol–water partition coefficient (Wildman–Crippen LogP) is 6.17. The topological polar surface area (TPSA) is 182 Å². The van der Waals surface area contributed by atoms with Gasteiger partial charge in [-0.15, -0.1) is 5.10 Å². The second-order valence-electron chi connectivity index (χ2n) is 18.9. The van der Waals surface area contributed by atoms with Crippen LogP contribution in [0.4, 0.5) is 0 Å². The standard InChI is InChI=1S/C42H64N2O12/c1-23(2)29-27(21-25-16-17-26(46)20-24(25)3)33(43-44(29)18-19-45)56-34-32(55-38(50)42(13,14)15)31(54-37(49)41(10,11)12)30(53-36(48)40(7,8)9)28(52-34)22-51-35(47)39(4,5)6/h16-17,20,23,28,30-32,34,45-46H,18-19,21-22H2,1-15H3/t28-,30-,31+,32-,34+/m1/s1. The van der Waals surface area contributed by atoms with Gasteiger partial charge in [0.1, 0.15) is 18.5 Å². The van der Waals surface area contributed by atoms with E-state index in [2.05, 4.69) is 0 Å². The van der Waals surface area contributed by atoms with Gasteiger partial charge in [0.2, 0.25) is 18.3 Å². The first kappa shape index (κ1) is 46.2. The van der Waals surface area contributed by atoms with E-state index in [4.69, 9.17) is 33.5 Å². The molecule has 2 aromatic rings. The lowest BCUT2D eigenvalue weighted by Gasteiger charge is -2.45. The molecule has 2 heterocycles. The van der Waals surface area contributed by atoms with Crippen LogP contribution in [-0.2, 0) is 55.8 Å². The van der Waals surface area contributed by atoms with Gasteiger partial charge in [-0.25, -0.2) is 0 Å². The van der Waals surface area contributed by atoms with Crippen LogP contribution in [0.2, 0.25) is 0 Å². The number of aliphatic hydroxyl groups excluding tert-OH is 1. The second-order valence-corrected chi connectivity index (χ2v) is 18.9. The molecular formula is C42H64N2O12. The Kier molecular flexibility index (Phi) is 14.5. The molecule has 56 heavy (non-hydrogen) atoms. The fourth-order valence-electron chi connectivity index (χ4n) is 5.63. The van der Waals surface area contributed by atoms with Crippen LogP contribution in [0.1, 0.15) is 125 Å². The van der Waals surface area contributed by atoms with Crippen LogP contribution in [0.25, 0.3) is 0 Å². The summed E-state index contributed by atoms with van der Waals surface area (Å²) in [6.07, 6.45) is -7.03. The summed E-state index contributed by atoms with van der Waals surface area (Å²) in [7, 11) is 0. The van der Waals surface area contributed by atoms with E-state index >= 15 is 0 Å². The number of carbonyl (C=O) groups excluding carboxylic acids is 4. The zero-order valence-electron chi connectivity index (χ0n) is 35.9. The normalized spacial score (nSPS) is 20.7. The molecule has 314 valence electrons. The smallest absolute Gasteiger partial charge is 0.311 e. The Morgan fingerprint density at radius 3 is 1.75 bits per heavy atom. The number of phenols is 1. The molecule has 1 fully saturated rings. The molecular weight excluding hydrogens is 724 g/mol. The molecule has 14 nitrogen and oxygen atoms in total. The monoisotopic (exact) mass is 788 g/mol. The van der Waals surface area contributed by atoms with Crippen LogP contribution in [0, 0.1) is 28.6 Å². The minimum atomic E-state index is -1.56. The summed E-state index contributed by atoms with van der Waals surface area (Å²) < 4.78 is 38.9. The first-order valence-corrected chi connectivity index (χ1v) is 19.2. The quantitative estimate of drug-likeness (QED) is 0.184. The molecule has 0 amide bonds. The van der Waals surface area contributed by atoms with Gasteiger partial charge >= 0.3 is 23.9 Å². The molecule has 1 saturated heterocycles. The van der Waals surface area contributed by atoms with Crippen LogP contribution < -0.4 is 4.74 Å². The van der Waals surface area contributed by atoms with Gasteiger partial charge in [-0.05, 0) is 119 Å². The number of ether oxygens (including phenoxy) is 6. The van der Waals surface area contributed by atoms with Crippen LogP contribution in [0.3, 0.4) is 0 Å². The molecule has 0 saturated carbocycles. The van der Waals surface area contributed by atoms with Gasteiger partial charge < -0.3 is 38.6 Å². The van der Waals surface area contributed by atoms with Crippen molar-refractivity contribution in [2.45, 2.75) is 153 Å². The van der Waals surface area contributed by atoms with Crippen molar-refractivity contribution in [3.63, 3.8) is 0 Å². The van der Waals surface area contributed by atoms with Gasteiger partial charge in [0, 0.05) is 17.7 Å². The average Bonchev–Trinajstić information content (AvgIpc) is 3.37. The molecule has 1 aliphatic heterocycles. The molecule has 0 unspecified atom stereocenters. The number of aliphatic hydroxyl groups is 1. The van der Waals surface area contributed by atoms with Crippen molar-refractivity contribution in [2.75, 3.05) is 13.2 Å². The number of phenolic OH excluding ortho intramolecular Hbond substituents is 1. The van der Waals surface area contributed by atoms with E-state index in [-0.39, 0.29) is 30.7 Å². The van der Waals surface area contributed by atoms with Gasteiger partial charge in [-0.3, -0.25) is 23.9 Å². The fourth-order valence-corrected chi connectivity index (χ4v) is 5.63. The Hall–Kier alpha value is -4.17. The average molecular weight is 789 g/mol. The number of benzene rings is 1. The number of rotatable bonds is 12. The van der Waals surface area contributed by atoms with E-state index in [1.807, 2.05) is 20.8 Å². The number of hydrogen-bond donors (Lipinski definition) is 2. The maximum Gasteiger partial charge on any atom is 0.311 e. The highest BCUT2D eigenvalue weighted by Gasteiger charge is 2.56. The Balaban J connectivity index is 2.33. The Morgan fingerprint density at radius 1 is 0.786 bits per heavy atom. The zero-order valence-corrected chi connectivity index (χ0v) is 35.9. The summed E-state index contributed by atoms with van der Waals surface area (Å²) in [4.78, 5) is 54.2. The molecule has 14 heteroatoms. The minimum absolute atomic E-state index is 0.0768. The van der Waals surface area contributed by atoms with E-state index < -0.39 is 82.8 Å². The maximum absolute atomic E-state index is 13.7. The lowest BCUT2D eigenvalue weighted by atomic mass is 9.93. The highest BCUT2D eigenvalue weighted by molar-refractivity contribution is 5.78. The largest absolute Gasteiger partial charge is 0.508 e. The Labute approximate surface area is 331 Å². The first-order chi connectivity index (χ1) is 25.6. The molecule has 5 atom stereocenters. The lowest BCUT2D eigenvalue weighted by Crippen LogP contribution is -2.65. The van der Waals surface area contributed by atoms with Crippen LogP contribution in [0.15, 0.2) is 18.2 Å². The summed E-state index contributed by atoms with van der Waals surface area (Å²) in [6.45, 7) is 25.2. The summed E-state index contributed by atoms with van der Waals surface area (Å²) in [6, 6.07) is 5.02. The number of aromatic hydroxyl groups is 1. The van der Waals surface area contributed by atoms with E-state index in [1.54, 1.807) is 106 Å². The third-order valence-corrected chi connectivity index (χ3v) is 8.99. The summed E-state index contributed by atoms with van der Waals surface area (Å²) >= 11 is 0. The number of nitrogens with zero attached hydrogens (tertiary/aromatic N) is 2. The van der Waals surface area contributed by atoms with Gasteiger partial charge in [-0.2, -0.15) is 0 Å². The van der Waals surface area contributed by atoms with Crippen molar-refractivity contribution >= 4 is 23.9 Å².